The molecule has 2 unspecified atom stereocenters. The third-order valence-corrected chi connectivity index (χ3v) is 6.87. The van der Waals surface area contributed by atoms with Gasteiger partial charge in [-0.1, -0.05) is 73.3 Å². The van der Waals surface area contributed by atoms with Crippen molar-refractivity contribution in [1.82, 2.24) is 5.32 Å². The molecule has 0 spiro atoms. The minimum atomic E-state index is -2.12. The number of carboxylic acids is 1. The van der Waals surface area contributed by atoms with E-state index in [9.17, 15) is 24.3 Å². The maximum Gasteiger partial charge on any atom is 0.513 e. The Labute approximate surface area is 249 Å². The molecule has 11 nitrogen and oxygen atoms in total. The summed E-state index contributed by atoms with van der Waals surface area (Å²) in [5.74, 6) is -2.98. The molecule has 1 aromatic carbocycles. The number of hydrogen-bond donors (Lipinski definition) is 2. The van der Waals surface area contributed by atoms with E-state index in [1.165, 1.54) is 18.2 Å². The van der Waals surface area contributed by atoms with Gasteiger partial charge in [-0.2, -0.15) is 0 Å². The molecule has 1 aromatic rings. The van der Waals surface area contributed by atoms with Crippen LogP contribution in [0.5, 0.6) is 11.5 Å². The summed E-state index contributed by atoms with van der Waals surface area (Å²) >= 11 is 0. The quantitative estimate of drug-likeness (QED) is 0.0583. The average Bonchev–Trinajstić information content (AvgIpc) is 2.94. The number of carbonyl (C=O) groups excluding carboxylic acids is 3. The molecule has 1 rings (SSSR count). The Hall–Kier alpha value is -3.34. The van der Waals surface area contributed by atoms with E-state index < -0.39 is 35.9 Å². The summed E-state index contributed by atoms with van der Waals surface area (Å²) in [7, 11) is 0. The topological polar surface area (TPSA) is 147 Å². The van der Waals surface area contributed by atoms with Gasteiger partial charge in [0.25, 0.3) is 5.72 Å². The summed E-state index contributed by atoms with van der Waals surface area (Å²) in [6.45, 7) is 13.4. The fraction of sp³-hybridized carbons (Fsp3) is 0.677. The molecule has 238 valence electrons. The predicted molar refractivity (Wildman–Crippen MR) is 156 cm³/mol. The summed E-state index contributed by atoms with van der Waals surface area (Å²) in [4.78, 5) is 50.3. The number of hydrogen-bond acceptors (Lipinski definition) is 10. The molecule has 0 aliphatic rings. The first-order chi connectivity index (χ1) is 19.9. The number of ether oxygens (including phenoxy) is 5. The second-order valence-corrected chi connectivity index (χ2v) is 10.8. The fourth-order valence-electron chi connectivity index (χ4n) is 3.70. The van der Waals surface area contributed by atoms with Gasteiger partial charge in [0.1, 0.15) is 0 Å². The predicted octanol–water partition coefficient (Wildman–Crippen LogP) is 6.64. The van der Waals surface area contributed by atoms with E-state index in [1.807, 2.05) is 34.6 Å². The summed E-state index contributed by atoms with van der Waals surface area (Å²) in [6.07, 6.45) is 3.24. The van der Waals surface area contributed by atoms with Crippen LogP contribution in [-0.2, 0) is 30.2 Å². The highest BCUT2D eigenvalue weighted by Crippen LogP contribution is 2.32. The number of esters is 1. The lowest BCUT2D eigenvalue weighted by Gasteiger charge is -2.34. The molecule has 3 atom stereocenters. The number of benzene rings is 1. The molecule has 0 aromatic heterocycles. The Morgan fingerprint density at radius 1 is 0.833 bits per heavy atom. The van der Waals surface area contributed by atoms with Crippen molar-refractivity contribution in [2.24, 2.45) is 11.8 Å². The molecular weight excluding hydrogens is 546 g/mol. The van der Waals surface area contributed by atoms with Gasteiger partial charge in [0, 0.05) is 12.5 Å². The Morgan fingerprint density at radius 2 is 1.38 bits per heavy atom. The van der Waals surface area contributed by atoms with E-state index in [-0.39, 0.29) is 43.1 Å². The molecule has 0 aliphatic heterocycles. The van der Waals surface area contributed by atoms with Gasteiger partial charge in [-0.15, -0.1) is 0 Å². The van der Waals surface area contributed by atoms with Gasteiger partial charge >= 0.3 is 24.2 Å². The molecule has 0 fully saturated rings. The first kappa shape index (κ1) is 36.7. The second kappa shape index (κ2) is 19.0. The third-order valence-electron chi connectivity index (χ3n) is 6.87. The lowest BCUT2D eigenvalue weighted by atomic mass is 9.97. The second-order valence-electron chi connectivity index (χ2n) is 10.8. The zero-order chi connectivity index (χ0) is 31.7. The van der Waals surface area contributed by atoms with E-state index in [2.05, 4.69) is 5.32 Å². The monoisotopic (exact) mass is 595 g/mol. The van der Waals surface area contributed by atoms with Crippen LogP contribution in [-0.4, -0.2) is 54.3 Å². The Morgan fingerprint density at radius 3 is 1.86 bits per heavy atom. The van der Waals surface area contributed by atoms with Crippen molar-refractivity contribution in [2.75, 3.05) is 13.2 Å². The standard InChI is InChI=1S/C31H49NO10/c1-8-11-13-17-38-29(36)40-25-16-15-24(19-26(25)41-30(37)39-18-14-12-9-2)20-31(28(34)35,32-22(6)10-3)42-27(33)23(7)21(4)5/h15-16,19,21-23,32H,8-14,17-18,20H2,1-7H3,(H,34,35)/t22?,23?,31-/m0/s1. The average molecular weight is 596 g/mol. The number of rotatable bonds is 19. The number of carbonyl (C=O) groups is 4. The summed E-state index contributed by atoms with van der Waals surface area (Å²) in [6, 6.07) is 3.89. The maximum atomic E-state index is 12.9. The van der Waals surface area contributed by atoms with Gasteiger partial charge in [-0.3, -0.25) is 10.1 Å². The van der Waals surface area contributed by atoms with Gasteiger partial charge in [-0.25, -0.2) is 14.4 Å². The summed E-state index contributed by atoms with van der Waals surface area (Å²) in [5.41, 5.74) is -1.79. The van der Waals surface area contributed by atoms with Crippen LogP contribution in [0.25, 0.3) is 0 Å². The first-order valence-electron chi connectivity index (χ1n) is 14.9. The van der Waals surface area contributed by atoms with Crippen LogP contribution in [0.4, 0.5) is 9.59 Å². The van der Waals surface area contributed by atoms with Gasteiger partial charge in [0.2, 0.25) is 0 Å². The first-order valence-corrected chi connectivity index (χ1v) is 14.9. The van der Waals surface area contributed by atoms with Crippen molar-refractivity contribution in [1.29, 1.82) is 0 Å². The van der Waals surface area contributed by atoms with Crippen molar-refractivity contribution in [3.05, 3.63) is 23.8 Å². The van der Waals surface area contributed by atoms with Gasteiger partial charge in [0.05, 0.1) is 19.1 Å². The molecule has 0 aliphatic carbocycles. The van der Waals surface area contributed by atoms with E-state index in [1.54, 1.807) is 13.8 Å². The zero-order valence-electron chi connectivity index (χ0n) is 26.2. The van der Waals surface area contributed by atoms with Crippen molar-refractivity contribution in [2.45, 2.75) is 112 Å². The van der Waals surface area contributed by atoms with Crippen LogP contribution < -0.4 is 14.8 Å². The smallest absolute Gasteiger partial charge is 0.477 e. The minimum Gasteiger partial charge on any atom is -0.477 e. The molecular formula is C31H49NO10. The van der Waals surface area contributed by atoms with E-state index >= 15 is 0 Å². The molecule has 0 bridgehead atoms. The Balaban J connectivity index is 3.38. The van der Waals surface area contributed by atoms with Crippen molar-refractivity contribution < 1.29 is 48.0 Å². The van der Waals surface area contributed by atoms with E-state index in [0.29, 0.717) is 24.8 Å². The van der Waals surface area contributed by atoms with Crippen LogP contribution >= 0.6 is 0 Å². The van der Waals surface area contributed by atoms with Gasteiger partial charge in [-0.05, 0) is 49.8 Å². The van der Waals surface area contributed by atoms with Crippen LogP contribution in [0.15, 0.2) is 18.2 Å². The largest absolute Gasteiger partial charge is 0.513 e. The lowest BCUT2D eigenvalue weighted by molar-refractivity contribution is -0.188. The van der Waals surface area contributed by atoms with Gasteiger partial charge in [0.15, 0.2) is 11.5 Å². The molecule has 0 saturated carbocycles. The fourth-order valence-corrected chi connectivity index (χ4v) is 3.70. The van der Waals surface area contributed by atoms with E-state index in [4.69, 9.17) is 23.7 Å². The number of aliphatic carboxylic acids is 1. The minimum absolute atomic E-state index is 0.0749. The van der Waals surface area contributed by atoms with Gasteiger partial charge < -0.3 is 28.8 Å². The highest BCUT2D eigenvalue weighted by atomic mass is 16.7. The molecule has 42 heavy (non-hydrogen) atoms. The molecule has 2 N–H and O–H groups in total. The summed E-state index contributed by atoms with van der Waals surface area (Å²) < 4.78 is 26.6. The molecule has 0 heterocycles. The van der Waals surface area contributed by atoms with Crippen LogP contribution in [0.3, 0.4) is 0 Å². The highest BCUT2D eigenvalue weighted by Gasteiger charge is 2.45. The third kappa shape index (κ3) is 12.7. The number of carboxylic acid groups (broad SMARTS) is 1. The van der Waals surface area contributed by atoms with E-state index in [0.717, 1.165) is 25.7 Å². The molecule has 11 heteroatoms. The highest BCUT2D eigenvalue weighted by molar-refractivity contribution is 5.83. The molecule has 0 radical (unpaired) electrons. The maximum absolute atomic E-state index is 12.9. The van der Waals surface area contributed by atoms with Crippen molar-refractivity contribution in [3.8, 4) is 11.5 Å². The lowest BCUT2D eigenvalue weighted by Crippen LogP contribution is -2.60. The Kier molecular flexibility index (Phi) is 16.6. The van der Waals surface area contributed by atoms with Crippen LogP contribution in [0.1, 0.15) is 99.0 Å². The molecule has 0 amide bonds. The van der Waals surface area contributed by atoms with Crippen LogP contribution in [0.2, 0.25) is 0 Å². The number of nitrogens with one attached hydrogen (secondary N) is 1. The summed E-state index contributed by atoms with van der Waals surface area (Å²) in [5, 5.41) is 13.3. The van der Waals surface area contributed by atoms with Crippen LogP contribution in [0, 0.1) is 11.8 Å². The number of unbranched alkanes of at least 4 members (excludes halogenated alkanes) is 4. The SMILES string of the molecule is CCCCCOC(=O)Oc1ccc(C[C@](NC(C)CC)(OC(=O)C(C)C(C)C)C(=O)O)cc1OC(=O)OCCCCC. The molecule has 0 saturated heterocycles. The van der Waals surface area contributed by atoms with Crippen molar-refractivity contribution in [3.63, 3.8) is 0 Å². The Bertz CT molecular complexity index is 1010. The zero-order valence-corrected chi connectivity index (χ0v) is 26.2. The van der Waals surface area contributed by atoms with Crippen molar-refractivity contribution >= 4 is 24.2 Å². The normalized spacial score (nSPS) is 13.9.